The van der Waals surface area contributed by atoms with E-state index in [1.165, 1.54) is 20.7 Å². The van der Waals surface area contributed by atoms with E-state index in [9.17, 15) is 0 Å². The van der Waals surface area contributed by atoms with Gasteiger partial charge in [-0.25, -0.2) is 4.99 Å². The second kappa shape index (κ2) is 13.6. The highest BCUT2D eigenvalue weighted by molar-refractivity contribution is 7.19. The number of nitrogens with zero attached hydrogens (tertiary/aromatic N) is 3. The molecule has 1 N–H and O–H groups in total. The maximum absolute atomic E-state index is 8.99. The van der Waals surface area contributed by atoms with Crippen LogP contribution in [0.3, 0.4) is 0 Å². The van der Waals surface area contributed by atoms with Crippen molar-refractivity contribution in [1.29, 1.82) is 5.41 Å². The van der Waals surface area contributed by atoms with Gasteiger partial charge in [-0.2, -0.15) is 4.99 Å². The summed E-state index contributed by atoms with van der Waals surface area (Å²) in [5.41, 5.74) is 3.67. The van der Waals surface area contributed by atoms with Gasteiger partial charge in [0.25, 0.3) is 0 Å². The zero-order valence-corrected chi connectivity index (χ0v) is 28.4. The highest BCUT2D eigenvalue weighted by Crippen LogP contribution is 2.29. The van der Waals surface area contributed by atoms with Crippen LogP contribution in [0.1, 0.15) is 11.1 Å². The summed E-state index contributed by atoms with van der Waals surface area (Å²) in [5, 5.41) is 16.4. The Morgan fingerprint density at radius 3 is 1.44 bits per heavy atom. The van der Waals surface area contributed by atoms with Crippen LogP contribution in [0.2, 0.25) is 0 Å². The highest BCUT2D eigenvalue weighted by Gasteiger charge is 2.41. The van der Waals surface area contributed by atoms with Crippen LogP contribution in [-0.2, 0) is 0 Å². The first kappa shape index (κ1) is 30.9. The van der Waals surface area contributed by atoms with Gasteiger partial charge >= 0.3 is 0 Å². The van der Waals surface area contributed by atoms with Gasteiger partial charge in [0.15, 0.2) is 13.9 Å². The van der Waals surface area contributed by atoms with Crippen LogP contribution < -0.4 is 20.7 Å². The topological polar surface area (TPSA) is 53.5 Å². The molecule has 8 aromatic rings. The molecule has 0 saturated carbocycles. The quantitative estimate of drug-likeness (QED) is 0.0832. The second-order valence-electron chi connectivity index (χ2n) is 12.2. The van der Waals surface area contributed by atoms with Crippen molar-refractivity contribution < 1.29 is 0 Å². The molecule has 1 aromatic heterocycles. The zero-order chi connectivity index (χ0) is 33.8. The molecular weight excluding hydrogens is 625 g/mol. The fourth-order valence-electron chi connectivity index (χ4n) is 7.08. The molecule has 1 heterocycles. The van der Waals surface area contributed by atoms with Crippen LogP contribution in [0, 0.1) is 5.41 Å². The summed E-state index contributed by atoms with van der Waals surface area (Å²) in [7, 11) is -2.71. The third kappa shape index (κ3) is 5.60. The van der Waals surface area contributed by atoms with Gasteiger partial charge in [-0.1, -0.05) is 182 Å². The van der Waals surface area contributed by atoms with E-state index in [0.717, 1.165) is 32.9 Å². The molecule has 7 aromatic carbocycles. The van der Waals surface area contributed by atoms with Gasteiger partial charge in [0.05, 0.1) is 11.0 Å². The molecule has 5 heteroatoms. The Hall–Kier alpha value is -6.43. The Bertz CT molecular complexity index is 2340. The van der Waals surface area contributed by atoms with Crippen molar-refractivity contribution in [2.24, 2.45) is 9.98 Å². The molecule has 8 rings (SSSR count). The summed E-state index contributed by atoms with van der Waals surface area (Å²) in [6.45, 7) is 0. The largest absolute Gasteiger partial charge is 0.282 e. The first-order chi connectivity index (χ1) is 24.7. The fourth-order valence-corrected chi connectivity index (χ4v) is 11.9. The maximum Gasteiger partial charge on any atom is 0.236 e. The Morgan fingerprint density at radius 2 is 0.920 bits per heavy atom. The van der Waals surface area contributed by atoms with E-state index in [4.69, 9.17) is 15.4 Å². The first-order valence-corrected chi connectivity index (χ1v) is 18.8. The molecule has 0 radical (unpaired) electrons. The molecule has 238 valence electrons. The van der Waals surface area contributed by atoms with Crippen LogP contribution >= 0.6 is 0 Å². The van der Waals surface area contributed by atoms with Crippen LogP contribution in [0.4, 0.5) is 0 Å². The van der Waals surface area contributed by atoms with Gasteiger partial charge in [0, 0.05) is 22.6 Å². The minimum Gasteiger partial charge on any atom is -0.282 e. The molecule has 0 amide bonds. The van der Waals surface area contributed by atoms with Crippen molar-refractivity contribution in [2.75, 3.05) is 0 Å². The van der Waals surface area contributed by atoms with E-state index >= 15 is 0 Å². The summed E-state index contributed by atoms with van der Waals surface area (Å²) in [6, 6.07) is 67.8. The number of para-hydroxylation sites is 2. The standard InChI is InChI=1S/C45H34N4Si/c46-44(35-19-5-1-6-20-35)48-45(49-42-30-15-13-28-40(42)41-29-14-16-31-43(41)49)47-33-34-18-17-27-39(32-34)50(36-21-7-2-8-22-36,37-23-9-3-10-24-37)38-25-11-4-12-26-38/h1-33,46H/b46-44?,47-33+,48-45+. The molecule has 0 aliphatic heterocycles. The van der Waals surface area contributed by atoms with Gasteiger partial charge in [-0.05, 0) is 38.4 Å². The van der Waals surface area contributed by atoms with Crippen molar-refractivity contribution >= 4 is 68.6 Å². The van der Waals surface area contributed by atoms with E-state index in [2.05, 4.69) is 156 Å². The highest BCUT2D eigenvalue weighted by atomic mass is 28.3. The Labute approximate surface area is 292 Å². The average molecular weight is 659 g/mol. The van der Waals surface area contributed by atoms with Crippen LogP contribution in [0.25, 0.3) is 21.8 Å². The summed E-state index contributed by atoms with van der Waals surface area (Å²) in [5.74, 6) is 0.580. The maximum atomic E-state index is 8.99. The zero-order valence-electron chi connectivity index (χ0n) is 27.4. The van der Waals surface area contributed by atoms with Gasteiger partial charge in [-0.15, -0.1) is 0 Å². The summed E-state index contributed by atoms with van der Waals surface area (Å²) >= 11 is 0. The molecule has 0 atom stereocenters. The van der Waals surface area contributed by atoms with E-state index < -0.39 is 8.07 Å². The van der Waals surface area contributed by atoms with Crippen molar-refractivity contribution in [3.05, 3.63) is 205 Å². The number of fused-ring (bicyclic) bond motifs is 3. The van der Waals surface area contributed by atoms with Crippen LogP contribution in [0.15, 0.2) is 204 Å². The number of nitrogens with one attached hydrogen (secondary N) is 1. The predicted molar refractivity (Wildman–Crippen MR) is 213 cm³/mol. The number of aliphatic imine (C=N–C) groups is 2. The molecule has 0 saturated heterocycles. The van der Waals surface area contributed by atoms with Crippen molar-refractivity contribution in [1.82, 2.24) is 4.57 Å². The lowest BCUT2D eigenvalue weighted by molar-refractivity contribution is 1.22. The smallest absolute Gasteiger partial charge is 0.236 e. The van der Waals surface area contributed by atoms with E-state index in [-0.39, 0.29) is 5.84 Å². The van der Waals surface area contributed by atoms with Gasteiger partial charge in [0.2, 0.25) is 5.96 Å². The summed E-state index contributed by atoms with van der Waals surface area (Å²) in [4.78, 5) is 10.00. The Morgan fingerprint density at radius 1 is 0.480 bits per heavy atom. The SMILES string of the molecule is N=C(/N=C(\N=C\c1cccc([Si](c2ccccc2)(c2ccccc2)c2ccccc2)c1)n1c2ccccc2c2ccccc21)c1ccccc1. The number of hydrogen-bond acceptors (Lipinski definition) is 1. The molecule has 50 heavy (non-hydrogen) atoms. The van der Waals surface area contributed by atoms with Crippen molar-refractivity contribution in [3.8, 4) is 0 Å². The molecule has 4 nitrogen and oxygen atoms in total. The lowest BCUT2D eigenvalue weighted by Crippen LogP contribution is -2.74. The number of rotatable bonds is 6. The molecule has 0 unspecified atom stereocenters. The van der Waals surface area contributed by atoms with Gasteiger partial charge in [0.1, 0.15) is 0 Å². The Balaban J connectivity index is 1.32. The van der Waals surface area contributed by atoms with Crippen LogP contribution in [-0.4, -0.2) is 30.7 Å². The molecule has 0 aliphatic rings. The summed E-state index contributed by atoms with van der Waals surface area (Å²) < 4.78 is 2.07. The van der Waals surface area contributed by atoms with Crippen LogP contribution in [0.5, 0.6) is 0 Å². The van der Waals surface area contributed by atoms with Crippen molar-refractivity contribution in [2.45, 2.75) is 0 Å². The molecular formula is C45H34N4Si. The minimum atomic E-state index is -2.71. The minimum absolute atomic E-state index is 0.150. The van der Waals surface area contributed by atoms with Gasteiger partial charge in [-0.3, -0.25) is 9.98 Å². The predicted octanol–water partition coefficient (Wildman–Crippen LogP) is 7.52. The molecule has 0 bridgehead atoms. The van der Waals surface area contributed by atoms with E-state index in [1.54, 1.807) is 0 Å². The monoisotopic (exact) mass is 658 g/mol. The number of aromatic nitrogens is 1. The van der Waals surface area contributed by atoms with E-state index in [0.29, 0.717) is 5.96 Å². The molecule has 0 spiro atoms. The number of benzene rings is 7. The van der Waals surface area contributed by atoms with Crippen molar-refractivity contribution in [3.63, 3.8) is 0 Å². The first-order valence-electron chi connectivity index (χ1n) is 16.8. The molecule has 0 fully saturated rings. The summed E-state index contributed by atoms with van der Waals surface area (Å²) in [6.07, 6.45) is 1.89. The third-order valence-corrected chi connectivity index (χ3v) is 14.1. The lowest BCUT2D eigenvalue weighted by atomic mass is 10.2. The van der Waals surface area contributed by atoms with E-state index in [1.807, 2.05) is 48.7 Å². The molecule has 0 aliphatic carbocycles. The number of hydrogen-bond donors (Lipinski definition) is 1. The fraction of sp³-hybridized carbons (Fsp3) is 0. The average Bonchev–Trinajstić information content (AvgIpc) is 3.53. The third-order valence-electron chi connectivity index (χ3n) is 9.31. The Kier molecular flexibility index (Phi) is 8.39. The lowest BCUT2D eigenvalue weighted by Gasteiger charge is -2.34. The second-order valence-corrected chi connectivity index (χ2v) is 16.0. The number of amidine groups is 1. The normalized spacial score (nSPS) is 12.1. The van der Waals surface area contributed by atoms with Gasteiger partial charge < -0.3 is 0 Å².